The molecule has 1 N–H and O–H groups in total. The molecule has 0 saturated heterocycles. The zero-order valence-corrected chi connectivity index (χ0v) is 15.6. The Balaban J connectivity index is 1.78. The van der Waals surface area contributed by atoms with Crippen molar-refractivity contribution in [1.82, 2.24) is 19.9 Å². The van der Waals surface area contributed by atoms with Crippen LogP contribution in [0, 0.1) is 18.8 Å². The molecule has 0 fully saturated rings. The van der Waals surface area contributed by atoms with Crippen LogP contribution in [-0.4, -0.2) is 26.2 Å². The van der Waals surface area contributed by atoms with E-state index in [0.29, 0.717) is 22.9 Å². The first-order valence-corrected chi connectivity index (χ1v) is 8.79. The van der Waals surface area contributed by atoms with Gasteiger partial charge in [-0.2, -0.15) is 13.2 Å². The number of aryl methyl sites for hydroxylation is 1. The van der Waals surface area contributed by atoms with Crippen LogP contribution in [-0.2, 0) is 6.18 Å². The van der Waals surface area contributed by atoms with Gasteiger partial charge in [0.05, 0.1) is 22.2 Å². The monoisotopic (exact) mass is 406 g/mol. The number of nitrogens with zero attached hydrogens (tertiary/aromatic N) is 3. The van der Waals surface area contributed by atoms with Crippen molar-refractivity contribution in [2.24, 2.45) is 0 Å². The molecule has 0 amide bonds. The number of halogens is 3. The minimum Gasteiger partial charge on any atom is -0.338 e. The van der Waals surface area contributed by atoms with Gasteiger partial charge in [0.2, 0.25) is 0 Å². The molecule has 8 heteroatoms. The number of alkyl halides is 3. The van der Waals surface area contributed by atoms with Crippen molar-refractivity contribution in [2.45, 2.75) is 13.1 Å². The molecule has 0 unspecified atom stereocenters. The number of hydrogen-bond donors (Lipinski definition) is 1. The van der Waals surface area contributed by atoms with Gasteiger partial charge in [-0.15, -0.1) is 0 Å². The molecule has 2 aromatic heterocycles. The van der Waals surface area contributed by atoms with Crippen LogP contribution < -0.4 is 0 Å². The number of H-pyrrole nitrogens is 1. The summed E-state index contributed by atoms with van der Waals surface area (Å²) in [5.41, 5.74) is 2.65. The molecule has 0 aliphatic carbocycles. The van der Waals surface area contributed by atoms with Crippen LogP contribution in [0.4, 0.5) is 13.2 Å². The topological polar surface area (TPSA) is 71.5 Å². The molecule has 2 aromatic carbocycles. The maximum absolute atomic E-state index is 13.2. The highest BCUT2D eigenvalue weighted by Crippen LogP contribution is 2.33. The standard InChI is InChI=1S/C22H13F3N4O/c1-13-4-19-20(8-16(13)3-2-14-9-26-12-27-10-14)29-21(28-19)17-5-15(11-30)6-18(7-17)22(23,24)25/h4-12H,1H3,(H,28,29). The van der Waals surface area contributed by atoms with E-state index in [1.54, 1.807) is 18.5 Å². The van der Waals surface area contributed by atoms with Crippen molar-refractivity contribution < 1.29 is 18.0 Å². The Bertz CT molecular complexity index is 1320. The molecule has 5 nitrogen and oxygen atoms in total. The summed E-state index contributed by atoms with van der Waals surface area (Å²) in [6, 6.07) is 6.72. The predicted molar refractivity (Wildman–Crippen MR) is 105 cm³/mol. The van der Waals surface area contributed by atoms with Gasteiger partial charge in [-0.3, -0.25) is 4.79 Å². The Kier molecular flexibility index (Phi) is 4.80. The van der Waals surface area contributed by atoms with E-state index in [4.69, 9.17) is 0 Å². The number of rotatable bonds is 2. The number of aromatic amines is 1. The number of hydrogen-bond acceptors (Lipinski definition) is 4. The number of aromatic nitrogens is 4. The second-order valence-corrected chi connectivity index (χ2v) is 6.61. The largest absolute Gasteiger partial charge is 0.416 e. The maximum Gasteiger partial charge on any atom is 0.416 e. The van der Waals surface area contributed by atoms with Crippen LogP contribution in [0.5, 0.6) is 0 Å². The normalized spacial score (nSPS) is 11.2. The van der Waals surface area contributed by atoms with E-state index in [1.165, 1.54) is 12.4 Å². The Morgan fingerprint density at radius 2 is 1.80 bits per heavy atom. The fourth-order valence-corrected chi connectivity index (χ4v) is 2.96. The lowest BCUT2D eigenvalue weighted by Gasteiger charge is -2.09. The number of aldehydes is 1. The van der Waals surface area contributed by atoms with Crippen LogP contribution in [0.2, 0.25) is 0 Å². The molecule has 0 saturated carbocycles. The minimum absolute atomic E-state index is 0.0758. The van der Waals surface area contributed by atoms with Gasteiger partial charge in [-0.25, -0.2) is 15.0 Å². The lowest BCUT2D eigenvalue weighted by Crippen LogP contribution is -2.06. The summed E-state index contributed by atoms with van der Waals surface area (Å²) in [7, 11) is 0. The molecule has 0 aliphatic heterocycles. The van der Waals surface area contributed by atoms with Gasteiger partial charge < -0.3 is 4.98 Å². The van der Waals surface area contributed by atoms with E-state index in [-0.39, 0.29) is 17.0 Å². The van der Waals surface area contributed by atoms with Gasteiger partial charge >= 0.3 is 6.18 Å². The first-order valence-electron chi connectivity index (χ1n) is 8.79. The van der Waals surface area contributed by atoms with Gasteiger partial charge in [-0.1, -0.05) is 11.8 Å². The number of carbonyl (C=O) groups excluding carboxylic acids is 1. The number of carbonyl (C=O) groups is 1. The average Bonchev–Trinajstić information content (AvgIpc) is 3.14. The molecule has 2 heterocycles. The lowest BCUT2D eigenvalue weighted by atomic mass is 10.1. The minimum atomic E-state index is -4.57. The summed E-state index contributed by atoms with van der Waals surface area (Å²) in [5.74, 6) is 6.24. The maximum atomic E-state index is 13.2. The van der Waals surface area contributed by atoms with Crippen molar-refractivity contribution in [3.63, 3.8) is 0 Å². The van der Waals surface area contributed by atoms with E-state index in [9.17, 15) is 18.0 Å². The average molecular weight is 406 g/mol. The number of fused-ring (bicyclic) bond motifs is 1. The van der Waals surface area contributed by atoms with Gasteiger partial charge in [-0.05, 0) is 42.8 Å². The quantitative estimate of drug-likeness (QED) is 0.391. The number of imidazole rings is 1. The third-order valence-electron chi connectivity index (χ3n) is 4.42. The van der Waals surface area contributed by atoms with Crippen LogP contribution in [0.3, 0.4) is 0 Å². The van der Waals surface area contributed by atoms with Crippen molar-refractivity contribution in [3.8, 4) is 23.2 Å². The third-order valence-corrected chi connectivity index (χ3v) is 4.42. The Morgan fingerprint density at radius 3 is 2.50 bits per heavy atom. The fourth-order valence-electron chi connectivity index (χ4n) is 2.96. The van der Waals surface area contributed by atoms with E-state index in [0.717, 1.165) is 23.3 Å². The van der Waals surface area contributed by atoms with E-state index < -0.39 is 11.7 Å². The zero-order valence-electron chi connectivity index (χ0n) is 15.6. The smallest absolute Gasteiger partial charge is 0.338 e. The zero-order chi connectivity index (χ0) is 21.3. The van der Waals surface area contributed by atoms with Gasteiger partial charge in [0, 0.05) is 29.1 Å². The van der Waals surface area contributed by atoms with Gasteiger partial charge in [0.15, 0.2) is 0 Å². The second kappa shape index (κ2) is 7.44. The summed E-state index contributed by atoms with van der Waals surface area (Å²) < 4.78 is 39.5. The molecule has 0 radical (unpaired) electrons. The van der Waals surface area contributed by atoms with Crippen molar-refractivity contribution in [1.29, 1.82) is 0 Å². The SMILES string of the molecule is Cc1cc2[nH]c(-c3cc(C=O)cc(C(F)(F)F)c3)nc2cc1C#Cc1cncnc1. The highest BCUT2D eigenvalue weighted by atomic mass is 19.4. The molecular formula is C22H13F3N4O. The number of nitrogens with one attached hydrogen (secondary N) is 1. The van der Waals surface area contributed by atoms with E-state index in [2.05, 4.69) is 31.8 Å². The number of benzene rings is 2. The molecular weight excluding hydrogens is 393 g/mol. The summed E-state index contributed by atoms with van der Waals surface area (Å²) in [4.78, 5) is 26.3. The first kappa shape index (κ1) is 19.3. The second-order valence-electron chi connectivity index (χ2n) is 6.61. The molecule has 0 atom stereocenters. The molecule has 0 aliphatic rings. The molecule has 30 heavy (non-hydrogen) atoms. The highest BCUT2D eigenvalue weighted by molar-refractivity contribution is 5.84. The highest BCUT2D eigenvalue weighted by Gasteiger charge is 2.31. The van der Waals surface area contributed by atoms with Crippen LogP contribution >= 0.6 is 0 Å². The van der Waals surface area contributed by atoms with Crippen molar-refractivity contribution in [3.05, 3.63) is 76.9 Å². The Hall–Kier alpha value is -3.99. The van der Waals surface area contributed by atoms with E-state index in [1.807, 2.05) is 13.0 Å². The molecule has 148 valence electrons. The van der Waals surface area contributed by atoms with Gasteiger partial charge in [0.25, 0.3) is 0 Å². The third kappa shape index (κ3) is 3.91. The fraction of sp³-hybridized carbons (Fsp3) is 0.0909. The Labute approximate surface area is 169 Å². The van der Waals surface area contributed by atoms with Crippen molar-refractivity contribution in [2.75, 3.05) is 0 Å². The summed E-state index contributed by atoms with van der Waals surface area (Å²) in [6.07, 6.45) is 0.419. The molecule has 4 aromatic rings. The predicted octanol–water partition coefficient (Wildman–Crippen LogP) is 4.56. The summed E-state index contributed by atoms with van der Waals surface area (Å²) >= 11 is 0. The van der Waals surface area contributed by atoms with Crippen molar-refractivity contribution >= 4 is 17.3 Å². The van der Waals surface area contributed by atoms with Crippen LogP contribution in [0.25, 0.3) is 22.4 Å². The van der Waals surface area contributed by atoms with Crippen LogP contribution in [0.1, 0.15) is 32.6 Å². The first-order chi connectivity index (χ1) is 14.3. The van der Waals surface area contributed by atoms with E-state index >= 15 is 0 Å². The van der Waals surface area contributed by atoms with Gasteiger partial charge in [0.1, 0.15) is 18.4 Å². The molecule has 0 bridgehead atoms. The summed E-state index contributed by atoms with van der Waals surface area (Å²) in [5, 5.41) is 0. The Morgan fingerprint density at radius 1 is 1.03 bits per heavy atom. The molecule has 4 rings (SSSR count). The summed E-state index contributed by atoms with van der Waals surface area (Å²) in [6.45, 7) is 1.88. The van der Waals surface area contributed by atoms with Crippen LogP contribution in [0.15, 0.2) is 49.1 Å². The molecule has 0 spiro atoms. The lowest BCUT2D eigenvalue weighted by molar-refractivity contribution is -0.137.